The summed E-state index contributed by atoms with van der Waals surface area (Å²) in [6.07, 6.45) is 13.7. The average Bonchev–Trinajstić information content (AvgIpc) is 2.85. The lowest BCUT2D eigenvalue weighted by atomic mass is 10.1. The van der Waals surface area contributed by atoms with E-state index in [9.17, 15) is 20.0 Å². The summed E-state index contributed by atoms with van der Waals surface area (Å²) in [5.74, 6) is -0.405. The molecule has 0 fully saturated rings. The van der Waals surface area contributed by atoms with Crippen LogP contribution in [0.25, 0.3) is 11.3 Å². The van der Waals surface area contributed by atoms with Crippen molar-refractivity contribution in [3.63, 3.8) is 0 Å². The van der Waals surface area contributed by atoms with E-state index in [4.69, 9.17) is 11.6 Å². The maximum absolute atomic E-state index is 12.4. The van der Waals surface area contributed by atoms with Crippen LogP contribution in [0.15, 0.2) is 104 Å². The Kier molecular flexibility index (Phi) is 6.66. The van der Waals surface area contributed by atoms with Crippen molar-refractivity contribution in [2.24, 2.45) is 0 Å². The molecule has 0 saturated carbocycles. The summed E-state index contributed by atoms with van der Waals surface area (Å²) < 4.78 is 1.62. The molecule has 1 aliphatic heterocycles. The second-order valence-electron chi connectivity index (χ2n) is 7.37. The zero-order valence-electron chi connectivity index (χ0n) is 17.7. The van der Waals surface area contributed by atoms with E-state index < -0.39 is 4.92 Å². The van der Waals surface area contributed by atoms with E-state index in [1.807, 2.05) is 24.3 Å². The molecule has 8 heteroatoms. The third-order valence-corrected chi connectivity index (χ3v) is 5.31. The van der Waals surface area contributed by atoms with Crippen molar-refractivity contribution in [3.8, 4) is 0 Å². The number of hydrogen-bond acceptors (Lipinski definition) is 5. The van der Waals surface area contributed by atoms with Gasteiger partial charge in [0.25, 0.3) is 5.69 Å². The number of nitro groups is 1. The van der Waals surface area contributed by atoms with Gasteiger partial charge in [0.15, 0.2) is 12.4 Å². The highest BCUT2D eigenvalue weighted by Gasteiger charge is 2.10. The highest BCUT2D eigenvalue weighted by atomic mass is 35.5. The quantitative estimate of drug-likeness (QED) is 0.187. The maximum atomic E-state index is 12.4. The van der Waals surface area contributed by atoms with Crippen LogP contribution in [0, 0.1) is 16.3 Å². The summed E-state index contributed by atoms with van der Waals surface area (Å²) >= 11 is 5.86. The van der Waals surface area contributed by atoms with Gasteiger partial charge in [-0.1, -0.05) is 29.5 Å². The molecule has 0 radical (unpaired) electrons. The van der Waals surface area contributed by atoms with E-state index in [1.165, 1.54) is 36.7 Å². The van der Waals surface area contributed by atoms with E-state index in [0.29, 0.717) is 16.1 Å². The van der Waals surface area contributed by atoms with E-state index in [0.717, 1.165) is 10.8 Å². The topological polar surface area (TPSA) is 92.4 Å². The number of hydrogen-bond donors (Lipinski definition) is 0. The van der Waals surface area contributed by atoms with Gasteiger partial charge in [-0.3, -0.25) is 14.9 Å². The number of allylic oxidation sites excluding steroid dienone is 2. The second-order valence-corrected chi connectivity index (χ2v) is 7.80. The zero-order valence-corrected chi connectivity index (χ0v) is 18.5. The van der Waals surface area contributed by atoms with Crippen molar-refractivity contribution < 1.29 is 19.1 Å². The zero-order chi connectivity index (χ0) is 24.1. The molecular formula is C26H18ClN3O4. The molecule has 0 saturated heterocycles. The van der Waals surface area contributed by atoms with E-state index in [2.05, 4.69) is 0 Å². The average molecular weight is 472 g/mol. The predicted molar refractivity (Wildman–Crippen MR) is 126 cm³/mol. The van der Waals surface area contributed by atoms with Gasteiger partial charge >= 0.3 is 0 Å². The minimum Gasteiger partial charge on any atom is -0.871 e. The number of nitrogens with zero attached hydrogens (tertiary/aromatic N) is 3. The highest BCUT2D eigenvalue weighted by Crippen LogP contribution is 2.16. The lowest BCUT2D eigenvalue weighted by molar-refractivity contribution is -0.505. The predicted octanol–water partition coefficient (Wildman–Crippen LogP) is 3.28. The van der Waals surface area contributed by atoms with Crippen LogP contribution in [0.3, 0.4) is 0 Å². The third kappa shape index (κ3) is 5.46. The highest BCUT2D eigenvalue weighted by molar-refractivity contribution is 6.30. The molecule has 0 bridgehead atoms. The molecule has 1 aromatic heterocycles. The van der Waals surface area contributed by atoms with Crippen LogP contribution in [0.4, 0.5) is 5.69 Å². The summed E-state index contributed by atoms with van der Waals surface area (Å²) in [6, 6.07) is 15.9. The number of aromatic nitrogens is 1. The van der Waals surface area contributed by atoms with Gasteiger partial charge in [-0.15, -0.1) is 0 Å². The Hall–Kier alpha value is -4.49. The Balaban J connectivity index is 1.48. The number of carbonyl (C=O) groups is 1. The molecular weight excluding hydrogens is 454 g/mol. The fourth-order valence-electron chi connectivity index (χ4n) is 3.21. The van der Waals surface area contributed by atoms with E-state index in [-0.39, 0.29) is 17.2 Å². The first-order chi connectivity index (χ1) is 16.4. The second kappa shape index (κ2) is 9.97. The third-order valence-electron chi connectivity index (χ3n) is 5.06. The van der Waals surface area contributed by atoms with Gasteiger partial charge < -0.3 is 10.0 Å². The van der Waals surface area contributed by atoms with Crippen molar-refractivity contribution in [1.29, 1.82) is 0 Å². The number of benzene rings is 2. The molecule has 0 amide bonds. The molecule has 0 spiro atoms. The van der Waals surface area contributed by atoms with Crippen LogP contribution in [-0.4, -0.2) is 15.6 Å². The first-order valence-corrected chi connectivity index (χ1v) is 10.6. The summed E-state index contributed by atoms with van der Waals surface area (Å²) in [6.45, 7) is 0. The number of non-ortho nitro benzene ring substituents is 1. The minimum atomic E-state index is -0.508. The molecule has 0 unspecified atom stereocenters. The smallest absolute Gasteiger partial charge is 0.269 e. The van der Waals surface area contributed by atoms with Crippen molar-refractivity contribution in [2.75, 3.05) is 0 Å². The summed E-state index contributed by atoms with van der Waals surface area (Å²) in [7, 11) is 0. The number of ketones is 1. The normalized spacial score (nSPS) is 13.1. The van der Waals surface area contributed by atoms with Crippen molar-refractivity contribution >= 4 is 34.4 Å². The van der Waals surface area contributed by atoms with Crippen LogP contribution in [0.5, 0.6) is 0 Å². The van der Waals surface area contributed by atoms with Gasteiger partial charge in [0.1, 0.15) is 0 Å². The van der Waals surface area contributed by atoms with Crippen molar-refractivity contribution in [2.45, 2.75) is 0 Å². The van der Waals surface area contributed by atoms with Crippen LogP contribution >= 0.6 is 11.6 Å². The minimum absolute atomic E-state index is 0.0651. The summed E-state index contributed by atoms with van der Waals surface area (Å²) in [4.78, 5) is 24.3. The Morgan fingerprint density at radius 2 is 1.50 bits per heavy atom. The van der Waals surface area contributed by atoms with Crippen LogP contribution in [0.1, 0.15) is 15.9 Å². The molecule has 0 aliphatic carbocycles. The van der Waals surface area contributed by atoms with Gasteiger partial charge in [0.2, 0.25) is 12.0 Å². The molecule has 168 valence electrons. The van der Waals surface area contributed by atoms with Crippen molar-refractivity contribution in [3.05, 3.63) is 142 Å². The van der Waals surface area contributed by atoms with Gasteiger partial charge in [0.05, 0.1) is 4.92 Å². The lowest BCUT2D eigenvalue weighted by Crippen LogP contribution is -2.22. The SMILES string of the molecule is O=C(C=[n+]1ccc(=C2C=CN(/C=C(\[O-])c3ccc(Cl)cc3)C=C2)cc1)c1ccc([N+](=O)[O-])cc1. The first kappa shape index (κ1) is 22.7. The van der Waals surface area contributed by atoms with Gasteiger partial charge in [0, 0.05) is 53.5 Å². The number of pyridine rings is 1. The standard InChI is InChI=1S/C26H18ClN3O4/c27-23-5-1-21(2-6-23)25(31)17-28-13-9-19(10-14-28)20-11-15-29(16-12-20)18-26(32)22-3-7-24(8-4-22)30(33)34/h1-18H/b25-17-. The monoisotopic (exact) mass is 471 g/mol. The number of Topliss-reactive ketones (excluding diaryl/α,β-unsaturated/α-hetero) is 1. The fraction of sp³-hybridized carbons (Fsp3) is 0. The summed E-state index contributed by atoms with van der Waals surface area (Å²) in [5, 5.41) is 24.6. The molecule has 1 aliphatic rings. The first-order valence-electron chi connectivity index (χ1n) is 10.2. The molecule has 7 nitrogen and oxygen atoms in total. The van der Waals surface area contributed by atoms with Gasteiger partial charge in [-0.25, -0.2) is 0 Å². The molecule has 4 rings (SSSR count). The van der Waals surface area contributed by atoms with Gasteiger partial charge in [-0.2, -0.15) is 4.24 Å². The molecule has 2 aromatic carbocycles. The Labute approximate surface area is 200 Å². The number of carbonyl (C=O) groups excluding carboxylic acids is 1. The molecule has 0 atom stereocenters. The molecule has 0 N–H and O–H groups in total. The largest absolute Gasteiger partial charge is 0.871 e. The van der Waals surface area contributed by atoms with E-state index >= 15 is 0 Å². The number of nitro benzene ring substituents is 1. The van der Waals surface area contributed by atoms with Crippen molar-refractivity contribution in [1.82, 2.24) is 4.90 Å². The Morgan fingerprint density at radius 1 is 0.912 bits per heavy atom. The summed E-state index contributed by atoms with van der Waals surface area (Å²) in [5.41, 5.74) is 1.79. The van der Waals surface area contributed by atoms with Gasteiger partial charge in [-0.05, 0) is 52.8 Å². The molecule has 2 heterocycles. The molecule has 3 aromatic rings. The van der Waals surface area contributed by atoms with Crippen LogP contribution in [0.2, 0.25) is 5.02 Å². The Bertz CT molecular complexity index is 1420. The number of halogens is 1. The number of rotatable bonds is 5. The Morgan fingerprint density at radius 3 is 2.09 bits per heavy atom. The van der Waals surface area contributed by atoms with Crippen LogP contribution in [-0.2, 0) is 0 Å². The molecule has 34 heavy (non-hydrogen) atoms. The van der Waals surface area contributed by atoms with E-state index in [1.54, 1.807) is 58.2 Å². The maximum Gasteiger partial charge on any atom is 0.269 e. The fourth-order valence-corrected chi connectivity index (χ4v) is 3.34. The lowest BCUT2D eigenvalue weighted by Gasteiger charge is -2.20. The van der Waals surface area contributed by atoms with Crippen LogP contribution < -0.4 is 14.6 Å².